The van der Waals surface area contributed by atoms with E-state index >= 15 is 0 Å². The van der Waals surface area contributed by atoms with Gasteiger partial charge in [-0.2, -0.15) is 0 Å². The second kappa shape index (κ2) is 32.1. The highest BCUT2D eigenvalue weighted by Gasteiger charge is 2.27. The first-order chi connectivity index (χ1) is 25.6. The van der Waals surface area contributed by atoms with Crippen LogP contribution in [-0.4, -0.2) is 66.3 Å². The van der Waals surface area contributed by atoms with Crippen LogP contribution in [0.1, 0.15) is 155 Å². The molecule has 0 fully saturated rings. The number of esters is 2. The van der Waals surface area contributed by atoms with Crippen molar-refractivity contribution in [2.75, 3.05) is 26.4 Å². The molecule has 53 heavy (non-hydrogen) atoms. The highest BCUT2D eigenvalue weighted by molar-refractivity contribution is 7.47. The van der Waals surface area contributed by atoms with Gasteiger partial charge in [-0.05, 0) is 44.1 Å². The van der Waals surface area contributed by atoms with Crippen LogP contribution in [-0.2, 0) is 37.5 Å². The van der Waals surface area contributed by atoms with Gasteiger partial charge in [0.2, 0.25) is 0 Å². The number of ether oxygens (including phenoxy) is 2. The van der Waals surface area contributed by atoms with E-state index in [0.29, 0.717) is 32.1 Å². The summed E-state index contributed by atoms with van der Waals surface area (Å²) in [4.78, 5) is 47.3. The highest BCUT2D eigenvalue weighted by atomic mass is 31.2. The van der Waals surface area contributed by atoms with Crippen LogP contribution < -0.4 is 5.73 Å². The molecule has 306 valence electrons. The Kier molecular flexibility index (Phi) is 29.6. The Morgan fingerprint density at radius 3 is 2.08 bits per heavy atom. The topological polar surface area (TPSA) is 172 Å². The molecule has 0 spiro atoms. The van der Waals surface area contributed by atoms with Gasteiger partial charge in [-0.1, -0.05) is 141 Å². The number of phosphoric acid groups is 1. The number of rotatable bonds is 35. The molecule has 0 saturated carbocycles. The molecule has 12 heteroatoms. The molecule has 0 saturated heterocycles. The van der Waals surface area contributed by atoms with Crippen LogP contribution in [0.5, 0.6) is 0 Å². The molecular formula is C41H72NO10P. The number of hydrogen-bond donors (Lipinski definition) is 3. The number of carbonyl (C=O) groups is 3. The Hall–Kier alpha value is -2.14. The maximum absolute atomic E-state index is 12.6. The van der Waals surface area contributed by atoms with Gasteiger partial charge in [0.1, 0.15) is 6.61 Å². The summed E-state index contributed by atoms with van der Waals surface area (Å²) >= 11 is 0. The molecule has 1 aliphatic carbocycles. The number of ketones is 1. The molecule has 0 bridgehead atoms. The molecule has 0 aromatic rings. The average Bonchev–Trinajstić information content (AvgIpc) is 3.49. The molecule has 0 amide bonds. The van der Waals surface area contributed by atoms with E-state index in [-0.39, 0.29) is 50.2 Å². The van der Waals surface area contributed by atoms with E-state index in [1.54, 1.807) is 12.2 Å². The van der Waals surface area contributed by atoms with Crippen LogP contribution >= 0.6 is 7.82 Å². The van der Waals surface area contributed by atoms with Crippen LogP contribution in [0.15, 0.2) is 36.5 Å². The van der Waals surface area contributed by atoms with Crippen molar-refractivity contribution in [1.82, 2.24) is 0 Å². The van der Waals surface area contributed by atoms with Crippen molar-refractivity contribution in [1.29, 1.82) is 0 Å². The minimum Gasteiger partial charge on any atom is -0.462 e. The Bertz CT molecular complexity index is 1110. The van der Waals surface area contributed by atoms with Gasteiger partial charge in [-0.3, -0.25) is 23.4 Å². The van der Waals surface area contributed by atoms with Gasteiger partial charge in [-0.15, -0.1) is 0 Å². The number of phosphoric ester groups is 1. The maximum Gasteiger partial charge on any atom is 0.472 e. The van der Waals surface area contributed by atoms with Crippen LogP contribution in [0.25, 0.3) is 0 Å². The fourth-order valence-corrected chi connectivity index (χ4v) is 6.86. The summed E-state index contributed by atoms with van der Waals surface area (Å²) in [6, 6.07) is 0. The van der Waals surface area contributed by atoms with Gasteiger partial charge in [0, 0.05) is 25.3 Å². The number of hydrogen-bond acceptors (Lipinski definition) is 10. The minimum atomic E-state index is -4.42. The number of unbranched alkanes of at least 4 members (excludes halogenated alkanes) is 15. The van der Waals surface area contributed by atoms with E-state index < -0.39 is 38.6 Å². The molecule has 0 aromatic carbocycles. The molecule has 11 nitrogen and oxygen atoms in total. The SMILES string of the molecule is CCCCCCCCCCCCCCCC(=O)O[C@H](COC(=O)CCC/C=C\C[C@H]1C=CC(=O)[C@@H]1/C=C/[C@@H](O)CCCCC)COP(=O)(O)OCCN. The lowest BCUT2D eigenvalue weighted by Crippen LogP contribution is -2.29. The highest BCUT2D eigenvalue weighted by Crippen LogP contribution is 2.43. The van der Waals surface area contributed by atoms with Crippen molar-refractivity contribution in [3.05, 3.63) is 36.5 Å². The fraction of sp³-hybridized carbons (Fsp3) is 0.780. The van der Waals surface area contributed by atoms with Crippen molar-refractivity contribution >= 4 is 25.5 Å². The average molecular weight is 770 g/mol. The van der Waals surface area contributed by atoms with E-state index in [0.717, 1.165) is 38.5 Å². The third kappa shape index (κ3) is 27.1. The zero-order valence-corrected chi connectivity index (χ0v) is 33.7. The normalized spacial score (nSPS) is 18.2. The number of allylic oxidation sites excluding steroid dienone is 5. The molecule has 0 aliphatic heterocycles. The standard InChI is InChI=1S/C41H72NO10P/c1-3-5-7-8-9-10-11-12-13-14-15-16-22-26-41(46)52-37(34-51-53(47,48)50-32-31-42)33-49-40(45)25-21-18-17-20-23-35-27-30-39(44)38(35)29-28-36(43)24-19-6-4-2/h17,20,27-30,35-38,43H,3-16,18-19,21-26,31-34,42H2,1-2H3,(H,47,48)/b20-17-,29-28+/t35-,36-,37+,38+/m0/s1. The van der Waals surface area contributed by atoms with Crippen LogP contribution in [0.4, 0.5) is 0 Å². The molecule has 4 N–H and O–H groups in total. The summed E-state index contributed by atoms with van der Waals surface area (Å²) in [5.41, 5.74) is 5.33. The zero-order valence-electron chi connectivity index (χ0n) is 32.8. The lowest BCUT2D eigenvalue weighted by Gasteiger charge is -2.19. The lowest BCUT2D eigenvalue weighted by atomic mass is 9.90. The third-order valence-corrected chi connectivity index (χ3v) is 10.3. The van der Waals surface area contributed by atoms with Crippen molar-refractivity contribution in [2.24, 2.45) is 17.6 Å². The first kappa shape index (κ1) is 48.9. The molecule has 0 radical (unpaired) electrons. The summed E-state index contributed by atoms with van der Waals surface area (Å²) in [7, 11) is -4.42. The van der Waals surface area contributed by atoms with E-state index in [1.165, 1.54) is 57.8 Å². The molecule has 0 aromatic heterocycles. The van der Waals surface area contributed by atoms with Crippen molar-refractivity contribution in [3.8, 4) is 0 Å². The smallest absolute Gasteiger partial charge is 0.462 e. The van der Waals surface area contributed by atoms with Crippen LogP contribution in [0.2, 0.25) is 0 Å². The second-order valence-corrected chi connectivity index (χ2v) is 15.6. The predicted octanol–water partition coefficient (Wildman–Crippen LogP) is 9.00. The number of aliphatic hydroxyl groups is 1. The Morgan fingerprint density at radius 2 is 1.43 bits per heavy atom. The van der Waals surface area contributed by atoms with Gasteiger partial charge in [-0.25, -0.2) is 4.57 Å². The Balaban J connectivity index is 2.39. The summed E-state index contributed by atoms with van der Waals surface area (Å²) < 4.78 is 32.7. The Labute approximate surface area is 320 Å². The summed E-state index contributed by atoms with van der Waals surface area (Å²) in [5.74, 6) is -1.18. The summed E-state index contributed by atoms with van der Waals surface area (Å²) in [6.45, 7) is 3.39. The van der Waals surface area contributed by atoms with Gasteiger partial charge in [0.25, 0.3) is 0 Å². The quantitative estimate of drug-likeness (QED) is 0.0243. The number of aliphatic hydroxyl groups excluding tert-OH is 1. The van der Waals surface area contributed by atoms with Crippen LogP contribution in [0, 0.1) is 11.8 Å². The third-order valence-electron chi connectivity index (χ3n) is 9.28. The first-order valence-corrected chi connectivity index (χ1v) is 22.0. The van der Waals surface area contributed by atoms with Crippen molar-refractivity contribution < 1.29 is 47.5 Å². The van der Waals surface area contributed by atoms with E-state index in [9.17, 15) is 28.9 Å². The summed E-state index contributed by atoms with van der Waals surface area (Å²) in [5, 5.41) is 10.2. The predicted molar refractivity (Wildman–Crippen MR) is 210 cm³/mol. The minimum absolute atomic E-state index is 0.0255. The molecule has 1 unspecified atom stereocenters. The number of carbonyl (C=O) groups excluding carboxylic acids is 3. The zero-order chi connectivity index (χ0) is 39.0. The van der Waals surface area contributed by atoms with Gasteiger partial charge in [0.05, 0.1) is 19.3 Å². The van der Waals surface area contributed by atoms with Crippen molar-refractivity contribution in [3.63, 3.8) is 0 Å². The van der Waals surface area contributed by atoms with Gasteiger partial charge in [0.15, 0.2) is 11.9 Å². The molecule has 1 aliphatic rings. The number of nitrogens with two attached hydrogens (primary N) is 1. The van der Waals surface area contributed by atoms with Gasteiger partial charge < -0.3 is 25.2 Å². The van der Waals surface area contributed by atoms with Crippen LogP contribution in [0.3, 0.4) is 0 Å². The first-order valence-electron chi connectivity index (χ1n) is 20.5. The Morgan fingerprint density at radius 1 is 0.830 bits per heavy atom. The van der Waals surface area contributed by atoms with E-state index in [1.807, 2.05) is 24.3 Å². The maximum atomic E-state index is 12.6. The van der Waals surface area contributed by atoms with E-state index in [2.05, 4.69) is 13.8 Å². The molecule has 0 heterocycles. The summed E-state index contributed by atoms with van der Waals surface area (Å²) in [6.07, 6.45) is 30.9. The lowest BCUT2D eigenvalue weighted by molar-refractivity contribution is -0.161. The van der Waals surface area contributed by atoms with Crippen molar-refractivity contribution in [2.45, 2.75) is 167 Å². The monoisotopic (exact) mass is 769 g/mol. The van der Waals surface area contributed by atoms with E-state index in [4.69, 9.17) is 24.3 Å². The fourth-order valence-electron chi connectivity index (χ4n) is 6.09. The molecular weight excluding hydrogens is 697 g/mol. The van der Waals surface area contributed by atoms with Gasteiger partial charge >= 0.3 is 19.8 Å². The largest absolute Gasteiger partial charge is 0.472 e. The molecule has 5 atom stereocenters. The second-order valence-electron chi connectivity index (χ2n) is 14.2. The molecule has 1 rings (SSSR count).